The van der Waals surface area contributed by atoms with Crippen LogP contribution < -0.4 is 21.3 Å². The molecule has 6 N–H and O–H groups in total. The maximum absolute atomic E-state index is 13.6. The molecular weight excluding hydrogens is 458 g/mol. The Labute approximate surface area is 201 Å². The Bertz CT molecular complexity index is 1080. The molecule has 1 aromatic heterocycles. The van der Waals surface area contributed by atoms with E-state index in [1.54, 1.807) is 37.3 Å². The van der Waals surface area contributed by atoms with E-state index in [-0.39, 0.29) is 24.5 Å². The van der Waals surface area contributed by atoms with Gasteiger partial charge in [0.2, 0.25) is 11.8 Å². The van der Waals surface area contributed by atoms with Crippen LogP contribution in [0.5, 0.6) is 0 Å². The summed E-state index contributed by atoms with van der Waals surface area (Å²) >= 11 is 0. The van der Waals surface area contributed by atoms with Crippen molar-refractivity contribution in [2.75, 3.05) is 17.2 Å². The number of carboxylic acid groups (broad SMARTS) is 2. The molecule has 2 rings (SSSR count). The normalized spacial score (nSPS) is 12.1. The SMILES string of the molecule is CCC(=O)NCC(=O)N[C@@H](CC(=O)O)C(=O)N(c1cccc(N)n1)[C@@H](Cc1ccccc1)C(=O)O. The average molecular weight is 485 g/mol. The Morgan fingerprint density at radius 1 is 1.00 bits per heavy atom. The van der Waals surface area contributed by atoms with E-state index in [2.05, 4.69) is 15.6 Å². The Balaban J connectivity index is 2.45. The molecule has 1 heterocycles. The Morgan fingerprint density at radius 3 is 2.26 bits per heavy atom. The topological polar surface area (TPSA) is 192 Å². The quantitative estimate of drug-likeness (QED) is 0.279. The molecule has 12 heteroatoms. The number of nitrogens with one attached hydrogen (secondary N) is 2. The summed E-state index contributed by atoms with van der Waals surface area (Å²) in [6.45, 7) is 1.10. The van der Waals surface area contributed by atoms with Gasteiger partial charge in [-0.15, -0.1) is 0 Å². The second-order valence-corrected chi connectivity index (χ2v) is 7.52. The summed E-state index contributed by atoms with van der Waals surface area (Å²) in [5, 5.41) is 23.9. The molecule has 0 fully saturated rings. The molecule has 2 atom stereocenters. The largest absolute Gasteiger partial charge is 0.481 e. The predicted octanol–water partition coefficient (Wildman–Crippen LogP) is 0.178. The van der Waals surface area contributed by atoms with E-state index >= 15 is 0 Å². The molecule has 35 heavy (non-hydrogen) atoms. The third kappa shape index (κ3) is 8.11. The summed E-state index contributed by atoms with van der Waals surface area (Å²) in [4.78, 5) is 66.0. The number of benzene rings is 1. The number of carbonyl (C=O) groups is 5. The number of hydrogen-bond donors (Lipinski definition) is 5. The van der Waals surface area contributed by atoms with Crippen LogP contribution in [0.25, 0.3) is 0 Å². The van der Waals surface area contributed by atoms with Gasteiger partial charge in [-0.1, -0.05) is 43.3 Å². The van der Waals surface area contributed by atoms with Crippen LogP contribution in [-0.2, 0) is 30.4 Å². The van der Waals surface area contributed by atoms with Gasteiger partial charge in [0.1, 0.15) is 23.7 Å². The Kier molecular flexibility index (Phi) is 9.70. The lowest BCUT2D eigenvalue weighted by molar-refractivity contribution is -0.141. The average Bonchev–Trinajstić information content (AvgIpc) is 2.82. The van der Waals surface area contributed by atoms with Crippen LogP contribution in [0.2, 0.25) is 0 Å². The van der Waals surface area contributed by atoms with E-state index < -0.39 is 54.7 Å². The third-order valence-corrected chi connectivity index (χ3v) is 4.89. The lowest BCUT2D eigenvalue weighted by atomic mass is 10.0. The number of anilines is 2. The van der Waals surface area contributed by atoms with Gasteiger partial charge >= 0.3 is 11.9 Å². The maximum atomic E-state index is 13.6. The van der Waals surface area contributed by atoms with E-state index in [4.69, 9.17) is 5.73 Å². The van der Waals surface area contributed by atoms with Gasteiger partial charge in [-0.05, 0) is 17.7 Å². The van der Waals surface area contributed by atoms with Gasteiger partial charge in [0.15, 0.2) is 0 Å². The minimum absolute atomic E-state index is 0.00486. The number of nitrogens with zero attached hydrogens (tertiary/aromatic N) is 2. The fraction of sp³-hybridized carbons (Fsp3) is 0.304. The molecule has 2 aromatic rings. The predicted molar refractivity (Wildman–Crippen MR) is 125 cm³/mol. The van der Waals surface area contributed by atoms with Crippen molar-refractivity contribution < 1.29 is 34.2 Å². The zero-order chi connectivity index (χ0) is 26.0. The number of hydrogen-bond acceptors (Lipinski definition) is 7. The molecule has 0 radical (unpaired) electrons. The minimum atomic E-state index is -1.64. The van der Waals surface area contributed by atoms with Crippen molar-refractivity contribution in [3.63, 3.8) is 0 Å². The van der Waals surface area contributed by atoms with E-state index in [0.29, 0.717) is 5.56 Å². The molecule has 0 aliphatic heterocycles. The summed E-state index contributed by atoms with van der Waals surface area (Å²) in [5.41, 5.74) is 6.34. The number of nitrogens with two attached hydrogens (primary N) is 1. The summed E-state index contributed by atoms with van der Waals surface area (Å²) in [6, 6.07) is 9.64. The molecule has 0 bridgehead atoms. The lowest BCUT2D eigenvalue weighted by Gasteiger charge is -2.31. The standard InChI is InChI=1S/C23H27N5O7/c1-2-19(29)25-13-20(30)26-15(12-21(31)32)22(33)28(18-10-6-9-17(24)27-18)16(23(34)35)11-14-7-4-3-5-8-14/h3-10,15-16H,2,11-13H2,1H3,(H2,24,27)(H,25,29)(H,26,30)(H,31,32)(H,34,35)/t15-,16-/m0/s1. The van der Waals surface area contributed by atoms with Gasteiger partial charge in [-0.3, -0.25) is 24.1 Å². The number of carboxylic acids is 2. The number of aromatic nitrogens is 1. The minimum Gasteiger partial charge on any atom is -0.481 e. The first-order chi connectivity index (χ1) is 16.6. The first-order valence-corrected chi connectivity index (χ1v) is 10.7. The smallest absolute Gasteiger partial charge is 0.327 e. The van der Waals surface area contributed by atoms with Crippen molar-refractivity contribution in [2.45, 2.75) is 38.3 Å². The molecule has 0 aliphatic carbocycles. The van der Waals surface area contributed by atoms with E-state index in [1.165, 1.54) is 18.2 Å². The zero-order valence-corrected chi connectivity index (χ0v) is 19.0. The second kappa shape index (κ2) is 12.7. The van der Waals surface area contributed by atoms with Crippen molar-refractivity contribution >= 4 is 41.3 Å². The van der Waals surface area contributed by atoms with Crippen molar-refractivity contribution in [3.8, 4) is 0 Å². The molecule has 186 valence electrons. The molecular formula is C23H27N5O7. The fourth-order valence-corrected chi connectivity index (χ4v) is 3.22. The van der Waals surface area contributed by atoms with Crippen LogP contribution in [0, 0.1) is 0 Å². The zero-order valence-electron chi connectivity index (χ0n) is 19.0. The van der Waals surface area contributed by atoms with Crippen LogP contribution in [0.4, 0.5) is 11.6 Å². The molecule has 0 saturated carbocycles. The first-order valence-electron chi connectivity index (χ1n) is 10.7. The highest BCUT2D eigenvalue weighted by Crippen LogP contribution is 2.21. The molecule has 3 amide bonds. The van der Waals surface area contributed by atoms with Crippen molar-refractivity contribution in [1.29, 1.82) is 0 Å². The number of pyridine rings is 1. The van der Waals surface area contributed by atoms with Crippen molar-refractivity contribution in [3.05, 3.63) is 54.1 Å². The number of aliphatic carboxylic acids is 2. The van der Waals surface area contributed by atoms with Crippen LogP contribution in [-0.4, -0.2) is 63.5 Å². The van der Waals surface area contributed by atoms with Gasteiger partial charge in [-0.2, -0.15) is 0 Å². The molecule has 0 saturated heterocycles. The maximum Gasteiger partial charge on any atom is 0.327 e. The Morgan fingerprint density at radius 2 is 1.69 bits per heavy atom. The van der Waals surface area contributed by atoms with Crippen LogP contribution >= 0.6 is 0 Å². The number of carbonyl (C=O) groups excluding carboxylic acids is 3. The third-order valence-electron chi connectivity index (χ3n) is 4.89. The van der Waals surface area contributed by atoms with Crippen LogP contribution in [0.1, 0.15) is 25.3 Å². The van der Waals surface area contributed by atoms with Gasteiger partial charge in [0.25, 0.3) is 5.91 Å². The number of amides is 3. The second-order valence-electron chi connectivity index (χ2n) is 7.52. The van der Waals surface area contributed by atoms with E-state index in [9.17, 15) is 34.2 Å². The summed E-state index contributed by atoms with van der Waals surface area (Å²) in [5.74, 6) is -5.14. The Hall–Kier alpha value is -4.48. The number of nitrogen functional groups attached to an aromatic ring is 1. The number of rotatable bonds is 12. The van der Waals surface area contributed by atoms with E-state index in [1.807, 2.05) is 0 Å². The molecule has 0 spiro atoms. The molecule has 0 aliphatic rings. The monoisotopic (exact) mass is 485 g/mol. The highest BCUT2D eigenvalue weighted by atomic mass is 16.4. The molecule has 1 aromatic carbocycles. The molecule has 0 unspecified atom stereocenters. The molecule has 12 nitrogen and oxygen atoms in total. The van der Waals surface area contributed by atoms with E-state index in [0.717, 1.165) is 4.90 Å². The van der Waals surface area contributed by atoms with Crippen LogP contribution in [0.3, 0.4) is 0 Å². The first kappa shape index (κ1) is 26.8. The summed E-state index contributed by atoms with van der Waals surface area (Å²) in [6.07, 6.45) is -0.832. The summed E-state index contributed by atoms with van der Waals surface area (Å²) < 4.78 is 0. The van der Waals surface area contributed by atoms with Crippen molar-refractivity contribution in [1.82, 2.24) is 15.6 Å². The van der Waals surface area contributed by atoms with Crippen LogP contribution in [0.15, 0.2) is 48.5 Å². The highest BCUT2D eigenvalue weighted by Gasteiger charge is 2.37. The van der Waals surface area contributed by atoms with Crippen molar-refractivity contribution in [2.24, 2.45) is 0 Å². The highest BCUT2D eigenvalue weighted by molar-refractivity contribution is 6.04. The van der Waals surface area contributed by atoms with Gasteiger partial charge in [-0.25, -0.2) is 9.78 Å². The van der Waals surface area contributed by atoms with Gasteiger partial charge < -0.3 is 26.6 Å². The fourth-order valence-electron chi connectivity index (χ4n) is 3.22. The van der Waals surface area contributed by atoms with Gasteiger partial charge in [0.05, 0.1) is 13.0 Å². The lowest BCUT2D eigenvalue weighted by Crippen LogP contribution is -2.56. The summed E-state index contributed by atoms with van der Waals surface area (Å²) in [7, 11) is 0. The van der Waals surface area contributed by atoms with Gasteiger partial charge in [0, 0.05) is 12.8 Å².